The van der Waals surface area contributed by atoms with E-state index in [4.69, 9.17) is 5.11 Å². The van der Waals surface area contributed by atoms with E-state index in [0.717, 1.165) is 13.0 Å². The molecule has 6 nitrogen and oxygen atoms in total. The molecule has 0 aliphatic heterocycles. The van der Waals surface area contributed by atoms with Crippen LogP contribution in [0.1, 0.15) is 6.42 Å². The smallest absolute Gasteiger partial charge is 0.323 e. The molecule has 0 bridgehead atoms. The molecule has 0 spiro atoms. The number of carboxylic acid groups (broad SMARTS) is 1. The fraction of sp³-hybridized carbons (Fsp3) is 0.778. The van der Waals surface area contributed by atoms with Gasteiger partial charge in [0, 0.05) is 13.6 Å². The van der Waals surface area contributed by atoms with Crippen LogP contribution in [0.5, 0.6) is 0 Å². The Bertz CT molecular complexity index is 219. The van der Waals surface area contributed by atoms with Crippen molar-refractivity contribution in [2.45, 2.75) is 6.42 Å². The van der Waals surface area contributed by atoms with Crippen molar-refractivity contribution in [3.63, 3.8) is 0 Å². The summed E-state index contributed by atoms with van der Waals surface area (Å²) in [5.74, 6) is -1.04. The highest BCUT2D eigenvalue weighted by Gasteiger charge is 2.08. The average Bonchev–Trinajstić information content (AvgIpc) is 2.13. The minimum absolute atomic E-state index is 0.336. The van der Waals surface area contributed by atoms with E-state index in [0.29, 0.717) is 6.54 Å². The van der Waals surface area contributed by atoms with E-state index in [2.05, 4.69) is 5.32 Å². The van der Waals surface area contributed by atoms with Crippen LogP contribution in [0.2, 0.25) is 0 Å². The number of aliphatic carboxylic acids is 1. The van der Waals surface area contributed by atoms with E-state index in [1.54, 1.807) is 7.05 Å². The van der Waals surface area contributed by atoms with Crippen LogP contribution >= 0.6 is 0 Å². The topological polar surface area (TPSA) is 72.9 Å². The number of rotatable bonds is 6. The molecule has 0 rings (SSSR count). The number of hydrogen-bond donors (Lipinski definition) is 2. The molecule has 0 aromatic carbocycles. The predicted molar refractivity (Wildman–Crippen MR) is 56.8 cm³/mol. The molecule has 15 heavy (non-hydrogen) atoms. The molecular formula is C9H19N3O3. The summed E-state index contributed by atoms with van der Waals surface area (Å²) in [7, 11) is 5.57. The van der Waals surface area contributed by atoms with Crippen LogP contribution in [-0.2, 0) is 4.79 Å². The second-order valence-corrected chi connectivity index (χ2v) is 3.63. The Morgan fingerprint density at radius 1 is 1.20 bits per heavy atom. The van der Waals surface area contributed by atoms with Crippen molar-refractivity contribution in [3.8, 4) is 0 Å². The summed E-state index contributed by atoms with van der Waals surface area (Å²) in [6.07, 6.45) is 0.865. The summed E-state index contributed by atoms with van der Waals surface area (Å²) >= 11 is 0. The number of carbonyl (C=O) groups is 2. The summed E-state index contributed by atoms with van der Waals surface area (Å²) in [6.45, 7) is 1.18. The molecule has 0 unspecified atom stereocenters. The monoisotopic (exact) mass is 217 g/mol. The maximum atomic E-state index is 11.3. The molecule has 0 radical (unpaired) electrons. The third kappa shape index (κ3) is 7.75. The van der Waals surface area contributed by atoms with Gasteiger partial charge in [-0.15, -0.1) is 0 Å². The van der Waals surface area contributed by atoms with Crippen LogP contribution in [0.4, 0.5) is 4.79 Å². The van der Waals surface area contributed by atoms with Gasteiger partial charge in [-0.25, -0.2) is 4.79 Å². The minimum atomic E-state index is -1.04. The van der Waals surface area contributed by atoms with Crippen molar-refractivity contribution in [1.29, 1.82) is 0 Å². The van der Waals surface area contributed by atoms with Gasteiger partial charge in [0.05, 0.1) is 0 Å². The Kier molecular flexibility index (Phi) is 6.44. The second-order valence-electron chi connectivity index (χ2n) is 3.63. The fourth-order valence-electron chi connectivity index (χ4n) is 1.01. The SMILES string of the molecule is CN(C)CCCN(C)C(=O)NCC(=O)O. The van der Waals surface area contributed by atoms with Gasteiger partial charge in [-0.1, -0.05) is 0 Å². The van der Waals surface area contributed by atoms with E-state index in [1.807, 2.05) is 19.0 Å². The van der Waals surface area contributed by atoms with Crippen molar-refractivity contribution < 1.29 is 14.7 Å². The van der Waals surface area contributed by atoms with Gasteiger partial charge < -0.3 is 20.2 Å². The lowest BCUT2D eigenvalue weighted by Gasteiger charge is -2.18. The normalized spacial score (nSPS) is 10.1. The zero-order valence-corrected chi connectivity index (χ0v) is 9.49. The van der Waals surface area contributed by atoms with Gasteiger partial charge in [0.1, 0.15) is 6.54 Å². The maximum Gasteiger partial charge on any atom is 0.323 e. The first-order valence-corrected chi connectivity index (χ1v) is 4.79. The summed E-state index contributed by atoms with van der Waals surface area (Å²) in [5.41, 5.74) is 0. The Morgan fingerprint density at radius 3 is 2.27 bits per heavy atom. The van der Waals surface area contributed by atoms with Crippen molar-refractivity contribution in [2.75, 3.05) is 40.8 Å². The van der Waals surface area contributed by atoms with Crippen molar-refractivity contribution >= 4 is 12.0 Å². The average molecular weight is 217 g/mol. The fourth-order valence-corrected chi connectivity index (χ4v) is 1.01. The summed E-state index contributed by atoms with van der Waals surface area (Å²) < 4.78 is 0. The highest BCUT2D eigenvalue weighted by molar-refractivity contribution is 5.79. The summed E-state index contributed by atoms with van der Waals surface area (Å²) in [6, 6.07) is -0.351. The van der Waals surface area contributed by atoms with Gasteiger partial charge in [-0.05, 0) is 27.1 Å². The lowest BCUT2D eigenvalue weighted by molar-refractivity contribution is -0.135. The number of carbonyl (C=O) groups excluding carboxylic acids is 1. The number of nitrogens with zero attached hydrogens (tertiary/aromatic N) is 2. The molecular weight excluding hydrogens is 198 g/mol. The van der Waals surface area contributed by atoms with Crippen LogP contribution in [0.25, 0.3) is 0 Å². The zero-order valence-electron chi connectivity index (χ0n) is 9.49. The number of nitrogens with one attached hydrogen (secondary N) is 1. The number of carboxylic acids is 1. The Morgan fingerprint density at radius 2 is 1.80 bits per heavy atom. The maximum absolute atomic E-state index is 11.3. The van der Waals surface area contributed by atoms with E-state index in [9.17, 15) is 9.59 Å². The highest BCUT2D eigenvalue weighted by atomic mass is 16.4. The molecule has 0 heterocycles. The molecule has 6 heteroatoms. The Hall–Kier alpha value is -1.30. The minimum Gasteiger partial charge on any atom is -0.480 e. The third-order valence-corrected chi connectivity index (χ3v) is 1.84. The zero-order chi connectivity index (χ0) is 11.8. The van der Waals surface area contributed by atoms with E-state index < -0.39 is 5.97 Å². The van der Waals surface area contributed by atoms with Crippen LogP contribution in [-0.4, -0.2) is 67.7 Å². The van der Waals surface area contributed by atoms with Gasteiger partial charge in [-0.2, -0.15) is 0 Å². The summed E-state index contributed by atoms with van der Waals surface area (Å²) in [5, 5.41) is 10.6. The molecule has 0 saturated heterocycles. The molecule has 0 fully saturated rings. The van der Waals surface area contributed by atoms with Crippen LogP contribution in [0, 0.1) is 0 Å². The van der Waals surface area contributed by atoms with Crippen LogP contribution < -0.4 is 5.32 Å². The van der Waals surface area contributed by atoms with E-state index in [-0.39, 0.29) is 12.6 Å². The first-order valence-electron chi connectivity index (χ1n) is 4.79. The lowest BCUT2D eigenvalue weighted by atomic mass is 10.4. The van der Waals surface area contributed by atoms with Crippen LogP contribution in [0.3, 0.4) is 0 Å². The number of urea groups is 1. The quantitative estimate of drug-likeness (QED) is 0.638. The van der Waals surface area contributed by atoms with Gasteiger partial charge in [0.2, 0.25) is 0 Å². The summed E-state index contributed by atoms with van der Waals surface area (Å²) in [4.78, 5) is 25.0. The van der Waals surface area contributed by atoms with Crippen molar-refractivity contribution in [1.82, 2.24) is 15.1 Å². The third-order valence-electron chi connectivity index (χ3n) is 1.84. The van der Waals surface area contributed by atoms with Gasteiger partial charge in [0.25, 0.3) is 0 Å². The van der Waals surface area contributed by atoms with Crippen LogP contribution in [0.15, 0.2) is 0 Å². The standard InChI is InChI=1S/C9H19N3O3/c1-11(2)5-4-6-12(3)9(15)10-7-8(13)14/h4-7H2,1-3H3,(H,10,15)(H,13,14). The molecule has 88 valence electrons. The first-order chi connectivity index (χ1) is 6.93. The molecule has 0 aliphatic carbocycles. The largest absolute Gasteiger partial charge is 0.480 e. The molecule has 0 aliphatic rings. The Balaban J connectivity index is 3.64. The highest BCUT2D eigenvalue weighted by Crippen LogP contribution is 1.90. The molecule has 2 N–H and O–H groups in total. The van der Waals surface area contributed by atoms with E-state index >= 15 is 0 Å². The molecule has 2 amide bonds. The van der Waals surface area contributed by atoms with Gasteiger partial charge in [0.15, 0.2) is 0 Å². The number of hydrogen-bond acceptors (Lipinski definition) is 3. The second kappa shape index (κ2) is 7.05. The predicted octanol–water partition coefficient (Wildman–Crippen LogP) is -0.336. The van der Waals surface area contributed by atoms with Crippen molar-refractivity contribution in [2.24, 2.45) is 0 Å². The molecule has 0 atom stereocenters. The van der Waals surface area contributed by atoms with E-state index in [1.165, 1.54) is 4.90 Å². The Labute approximate surface area is 89.8 Å². The van der Waals surface area contributed by atoms with Gasteiger partial charge in [-0.3, -0.25) is 4.79 Å². The first kappa shape index (κ1) is 13.7. The molecule has 0 aromatic heterocycles. The number of amides is 2. The van der Waals surface area contributed by atoms with Crippen molar-refractivity contribution in [3.05, 3.63) is 0 Å². The lowest BCUT2D eigenvalue weighted by Crippen LogP contribution is -2.40. The molecule has 0 saturated carbocycles. The molecule has 0 aromatic rings. The van der Waals surface area contributed by atoms with Gasteiger partial charge >= 0.3 is 12.0 Å².